The zero-order chi connectivity index (χ0) is 9.52. The van der Waals surface area contributed by atoms with E-state index in [1.165, 1.54) is 25.7 Å². The Kier molecular flexibility index (Phi) is 5.34. The van der Waals surface area contributed by atoms with Crippen LogP contribution in [0.2, 0.25) is 0 Å². The van der Waals surface area contributed by atoms with Crippen LogP contribution in [0, 0.1) is 11.8 Å². The van der Waals surface area contributed by atoms with E-state index in [4.69, 9.17) is 5.73 Å². The Morgan fingerprint density at radius 2 is 2.15 bits per heavy atom. The Bertz CT molecular complexity index is 186. The molecule has 2 N–H and O–H groups in total. The topological polar surface area (TPSA) is 26.0 Å². The summed E-state index contributed by atoms with van der Waals surface area (Å²) in [6.07, 6.45) is 6.49. The first kappa shape index (κ1) is 10.9. The van der Waals surface area contributed by atoms with Crippen molar-refractivity contribution in [1.82, 2.24) is 0 Å². The van der Waals surface area contributed by atoms with Crippen molar-refractivity contribution in [3.05, 3.63) is 0 Å². The van der Waals surface area contributed by atoms with Gasteiger partial charge in [0, 0.05) is 23.5 Å². The van der Waals surface area contributed by atoms with Crippen molar-refractivity contribution in [3.63, 3.8) is 0 Å². The first-order valence-corrected chi connectivity index (χ1v) is 6.14. The molecule has 0 radical (unpaired) electrons. The van der Waals surface area contributed by atoms with E-state index in [9.17, 15) is 0 Å². The summed E-state index contributed by atoms with van der Waals surface area (Å²) in [5.41, 5.74) is 5.91. The number of nitrogens with two attached hydrogens (primary N) is 1. The molecule has 1 saturated carbocycles. The molecule has 1 nitrogen and oxygen atoms in total. The number of thioether (sulfide) groups is 1. The molecule has 1 fully saturated rings. The Labute approximate surface area is 85.8 Å². The number of rotatable bonds is 4. The zero-order valence-corrected chi connectivity index (χ0v) is 9.20. The Hall–Kier alpha value is -0.130. The maximum Gasteiger partial charge on any atom is 0.0249 e. The van der Waals surface area contributed by atoms with E-state index >= 15 is 0 Å². The molecule has 0 saturated heterocycles. The highest BCUT2D eigenvalue weighted by molar-refractivity contribution is 7.99. The highest BCUT2D eigenvalue weighted by atomic mass is 32.2. The molecule has 0 aromatic heterocycles. The minimum absolute atomic E-state index is 0.276. The molecule has 1 aliphatic rings. The van der Waals surface area contributed by atoms with Gasteiger partial charge in [0.1, 0.15) is 0 Å². The van der Waals surface area contributed by atoms with Crippen molar-refractivity contribution < 1.29 is 0 Å². The molecule has 0 aromatic rings. The second-order valence-corrected chi connectivity index (χ2v) is 4.96. The molecule has 0 amide bonds. The van der Waals surface area contributed by atoms with Gasteiger partial charge in [-0.05, 0) is 19.8 Å². The van der Waals surface area contributed by atoms with Crippen LogP contribution in [-0.4, -0.2) is 17.0 Å². The molecule has 0 spiro atoms. The summed E-state index contributed by atoms with van der Waals surface area (Å²) in [6.45, 7) is 1.87. The quantitative estimate of drug-likeness (QED) is 0.700. The Morgan fingerprint density at radius 3 is 2.77 bits per heavy atom. The summed E-state index contributed by atoms with van der Waals surface area (Å²) in [5, 5.41) is 0.889. The van der Waals surface area contributed by atoms with Crippen molar-refractivity contribution in [2.75, 3.05) is 5.75 Å². The van der Waals surface area contributed by atoms with E-state index in [2.05, 4.69) is 11.8 Å². The van der Waals surface area contributed by atoms with Crippen molar-refractivity contribution in [2.45, 2.75) is 50.3 Å². The second-order valence-electron chi connectivity index (χ2n) is 3.63. The van der Waals surface area contributed by atoms with E-state index in [1.807, 2.05) is 18.7 Å². The average Bonchev–Trinajstić information content (AvgIpc) is 2.64. The van der Waals surface area contributed by atoms with Crippen molar-refractivity contribution >= 4 is 11.8 Å². The second kappa shape index (κ2) is 6.34. The summed E-state index contributed by atoms with van der Waals surface area (Å²) < 4.78 is 0. The van der Waals surface area contributed by atoms with E-state index < -0.39 is 0 Å². The lowest BCUT2D eigenvalue weighted by Gasteiger charge is -2.11. The lowest BCUT2D eigenvalue weighted by atomic mass is 10.2. The number of hydrogen-bond donors (Lipinski definition) is 1. The minimum Gasteiger partial charge on any atom is -0.326 e. The van der Waals surface area contributed by atoms with Gasteiger partial charge >= 0.3 is 0 Å². The van der Waals surface area contributed by atoms with Gasteiger partial charge in [0.15, 0.2) is 0 Å². The van der Waals surface area contributed by atoms with Crippen LogP contribution in [0.25, 0.3) is 0 Å². The molecule has 2 heteroatoms. The summed E-state index contributed by atoms with van der Waals surface area (Å²) in [4.78, 5) is 0. The van der Waals surface area contributed by atoms with Gasteiger partial charge in [-0.15, -0.1) is 11.8 Å². The monoisotopic (exact) mass is 197 g/mol. The molecular formula is C11H19NS. The molecule has 0 aromatic carbocycles. The molecule has 0 aliphatic heterocycles. The molecule has 74 valence electrons. The van der Waals surface area contributed by atoms with Gasteiger partial charge in [-0.25, -0.2) is 0 Å². The first-order valence-electron chi connectivity index (χ1n) is 5.09. The van der Waals surface area contributed by atoms with Gasteiger partial charge in [-0.2, -0.15) is 11.8 Å². The largest absolute Gasteiger partial charge is 0.326 e. The Balaban J connectivity index is 2.05. The van der Waals surface area contributed by atoms with Crippen LogP contribution in [0.4, 0.5) is 0 Å². The third-order valence-corrected chi connectivity index (χ3v) is 3.95. The standard InChI is InChI=1S/C11H19NS/c1-2-3-6-10(12)9-13-11-7-4-5-8-11/h10-11H,4-9,12H2,1H3. The lowest BCUT2D eigenvalue weighted by Crippen LogP contribution is -2.23. The smallest absolute Gasteiger partial charge is 0.0249 e. The predicted octanol–water partition coefficient (Wildman–Crippen LogP) is 2.40. The average molecular weight is 197 g/mol. The molecule has 1 rings (SSSR count). The number of hydrogen-bond acceptors (Lipinski definition) is 2. The summed E-state index contributed by atoms with van der Waals surface area (Å²) in [7, 11) is 0. The lowest BCUT2D eigenvalue weighted by molar-refractivity contribution is 0.776. The SMILES string of the molecule is CC#CCC(N)CSC1CCCC1. The molecule has 1 unspecified atom stereocenters. The minimum atomic E-state index is 0.276. The van der Waals surface area contributed by atoms with Gasteiger partial charge in [0.05, 0.1) is 0 Å². The highest BCUT2D eigenvalue weighted by Crippen LogP contribution is 2.29. The first-order chi connectivity index (χ1) is 6.33. The van der Waals surface area contributed by atoms with E-state index in [-0.39, 0.29) is 6.04 Å². The Morgan fingerprint density at radius 1 is 1.46 bits per heavy atom. The fraction of sp³-hybridized carbons (Fsp3) is 0.818. The summed E-state index contributed by atoms with van der Waals surface area (Å²) in [6, 6.07) is 0.276. The van der Waals surface area contributed by atoms with Gasteiger partial charge in [0.25, 0.3) is 0 Å². The molecule has 13 heavy (non-hydrogen) atoms. The van der Waals surface area contributed by atoms with Gasteiger partial charge < -0.3 is 5.73 Å². The van der Waals surface area contributed by atoms with Gasteiger partial charge in [-0.3, -0.25) is 0 Å². The maximum absolute atomic E-state index is 5.91. The molecule has 0 bridgehead atoms. The fourth-order valence-electron chi connectivity index (χ4n) is 1.61. The van der Waals surface area contributed by atoms with Crippen LogP contribution in [-0.2, 0) is 0 Å². The van der Waals surface area contributed by atoms with Crippen molar-refractivity contribution in [3.8, 4) is 11.8 Å². The molecule has 1 aliphatic carbocycles. The molecular weight excluding hydrogens is 178 g/mol. The highest BCUT2D eigenvalue weighted by Gasteiger charge is 2.15. The van der Waals surface area contributed by atoms with Crippen LogP contribution in [0.5, 0.6) is 0 Å². The third-order valence-electron chi connectivity index (χ3n) is 2.39. The fourth-order valence-corrected chi connectivity index (χ4v) is 2.91. The zero-order valence-electron chi connectivity index (χ0n) is 8.38. The van der Waals surface area contributed by atoms with Crippen LogP contribution in [0.1, 0.15) is 39.0 Å². The van der Waals surface area contributed by atoms with Gasteiger partial charge in [0.2, 0.25) is 0 Å². The van der Waals surface area contributed by atoms with E-state index in [0.717, 1.165) is 17.4 Å². The van der Waals surface area contributed by atoms with Crippen LogP contribution < -0.4 is 5.73 Å². The van der Waals surface area contributed by atoms with Crippen LogP contribution in [0.15, 0.2) is 0 Å². The summed E-state index contributed by atoms with van der Waals surface area (Å²) in [5.74, 6) is 7.01. The molecule has 1 atom stereocenters. The van der Waals surface area contributed by atoms with Crippen LogP contribution in [0.3, 0.4) is 0 Å². The van der Waals surface area contributed by atoms with Crippen molar-refractivity contribution in [2.24, 2.45) is 5.73 Å². The maximum atomic E-state index is 5.91. The summed E-state index contributed by atoms with van der Waals surface area (Å²) >= 11 is 2.05. The predicted molar refractivity (Wildman–Crippen MR) is 60.8 cm³/mol. The van der Waals surface area contributed by atoms with Crippen LogP contribution >= 0.6 is 11.8 Å². The van der Waals surface area contributed by atoms with Gasteiger partial charge in [-0.1, -0.05) is 12.8 Å². The normalized spacial score (nSPS) is 19.5. The van der Waals surface area contributed by atoms with E-state index in [1.54, 1.807) is 0 Å². The van der Waals surface area contributed by atoms with Crippen molar-refractivity contribution in [1.29, 1.82) is 0 Å². The third kappa shape index (κ3) is 4.59. The molecule has 0 heterocycles. The van der Waals surface area contributed by atoms with E-state index in [0.29, 0.717) is 0 Å².